The van der Waals surface area contributed by atoms with Crippen LogP contribution in [0.15, 0.2) is 0 Å². The highest BCUT2D eigenvalue weighted by Gasteiger charge is 2.25. The van der Waals surface area contributed by atoms with Crippen LogP contribution in [-0.2, 0) is 9.47 Å². The smallest absolute Gasteiger partial charge is 0.170 e. The second-order valence-corrected chi connectivity index (χ2v) is 4.55. The molecule has 2 fully saturated rings. The first-order chi connectivity index (χ1) is 7.25. The Hall–Kier alpha value is -0.160. The van der Waals surface area contributed by atoms with Gasteiger partial charge < -0.3 is 14.6 Å². The monoisotopic (exact) mass is 215 g/mol. The third kappa shape index (κ3) is 3.14. The van der Waals surface area contributed by atoms with Crippen molar-refractivity contribution in [2.24, 2.45) is 5.92 Å². The molecule has 2 rings (SSSR count). The molecule has 0 bridgehead atoms. The van der Waals surface area contributed by atoms with Gasteiger partial charge in [0.05, 0.1) is 19.3 Å². The summed E-state index contributed by atoms with van der Waals surface area (Å²) in [4.78, 5) is 2.37. The van der Waals surface area contributed by atoms with E-state index in [2.05, 4.69) is 4.90 Å². The summed E-state index contributed by atoms with van der Waals surface area (Å²) in [5.74, 6) is 0.478. The number of hydrogen-bond acceptors (Lipinski definition) is 4. The summed E-state index contributed by atoms with van der Waals surface area (Å²) in [6.07, 6.45) is 1.99. The Labute approximate surface area is 91.2 Å². The third-order valence-corrected chi connectivity index (χ3v) is 3.41. The SMILES string of the molecule is CC(O)C1CCN(CC2OCCO2)CC1. The number of hydrogen-bond donors (Lipinski definition) is 1. The molecule has 2 saturated heterocycles. The topological polar surface area (TPSA) is 41.9 Å². The van der Waals surface area contributed by atoms with Crippen LogP contribution in [-0.4, -0.2) is 55.2 Å². The Morgan fingerprint density at radius 3 is 2.40 bits per heavy atom. The van der Waals surface area contributed by atoms with E-state index in [9.17, 15) is 5.11 Å². The molecule has 2 aliphatic heterocycles. The van der Waals surface area contributed by atoms with E-state index in [4.69, 9.17) is 9.47 Å². The van der Waals surface area contributed by atoms with Gasteiger partial charge in [-0.05, 0) is 38.8 Å². The standard InChI is InChI=1S/C11H21NO3/c1-9(13)10-2-4-12(5-3-10)8-11-14-6-7-15-11/h9-11,13H,2-8H2,1H3. The molecular weight excluding hydrogens is 194 g/mol. The highest BCUT2D eigenvalue weighted by molar-refractivity contribution is 4.76. The number of piperidine rings is 1. The molecule has 0 aliphatic carbocycles. The second-order valence-electron chi connectivity index (χ2n) is 4.55. The van der Waals surface area contributed by atoms with Crippen molar-refractivity contribution in [1.29, 1.82) is 0 Å². The van der Waals surface area contributed by atoms with Gasteiger partial charge in [0.25, 0.3) is 0 Å². The summed E-state index contributed by atoms with van der Waals surface area (Å²) in [7, 11) is 0. The fraction of sp³-hybridized carbons (Fsp3) is 1.00. The molecular formula is C11H21NO3. The third-order valence-electron chi connectivity index (χ3n) is 3.41. The second kappa shape index (κ2) is 5.25. The van der Waals surface area contributed by atoms with Gasteiger partial charge >= 0.3 is 0 Å². The number of ether oxygens (including phenoxy) is 2. The zero-order valence-electron chi connectivity index (χ0n) is 9.39. The van der Waals surface area contributed by atoms with Gasteiger partial charge in [-0.25, -0.2) is 0 Å². The minimum atomic E-state index is -0.161. The molecule has 0 radical (unpaired) electrons. The van der Waals surface area contributed by atoms with E-state index in [1.807, 2.05) is 6.92 Å². The highest BCUT2D eigenvalue weighted by atomic mass is 16.7. The molecule has 0 spiro atoms. The zero-order chi connectivity index (χ0) is 10.7. The first-order valence-corrected chi connectivity index (χ1v) is 5.89. The van der Waals surface area contributed by atoms with Crippen molar-refractivity contribution in [3.63, 3.8) is 0 Å². The van der Waals surface area contributed by atoms with Crippen molar-refractivity contribution in [3.05, 3.63) is 0 Å². The van der Waals surface area contributed by atoms with Crippen molar-refractivity contribution in [2.75, 3.05) is 32.8 Å². The molecule has 4 nitrogen and oxygen atoms in total. The van der Waals surface area contributed by atoms with Gasteiger partial charge in [-0.1, -0.05) is 0 Å². The van der Waals surface area contributed by atoms with Gasteiger partial charge in [0.2, 0.25) is 0 Å². The summed E-state index contributed by atoms with van der Waals surface area (Å²) in [5.41, 5.74) is 0. The predicted octanol–water partition coefficient (Wildman–Crippen LogP) is 0.452. The van der Waals surface area contributed by atoms with E-state index in [0.29, 0.717) is 5.92 Å². The van der Waals surface area contributed by atoms with Gasteiger partial charge in [-0.15, -0.1) is 0 Å². The Morgan fingerprint density at radius 2 is 1.87 bits per heavy atom. The van der Waals surface area contributed by atoms with Crippen LogP contribution in [0, 0.1) is 5.92 Å². The lowest BCUT2D eigenvalue weighted by atomic mass is 9.92. The van der Waals surface area contributed by atoms with Gasteiger partial charge in [0.1, 0.15) is 0 Å². The molecule has 0 aromatic carbocycles. The van der Waals surface area contributed by atoms with Crippen LogP contribution in [0.3, 0.4) is 0 Å². The average molecular weight is 215 g/mol. The normalized spacial score (nSPS) is 28.4. The minimum absolute atomic E-state index is 0.0203. The van der Waals surface area contributed by atoms with Crippen molar-refractivity contribution in [2.45, 2.75) is 32.2 Å². The van der Waals surface area contributed by atoms with Crippen LogP contribution in [0.4, 0.5) is 0 Å². The number of likely N-dealkylation sites (tertiary alicyclic amines) is 1. The quantitative estimate of drug-likeness (QED) is 0.742. The van der Waals surface area contributed by atoms with Crippen LogP contribution in [0.5, 0.6) is 0 Å². The Morgan fingerprint density at radius 1 is 1.27 bits per heavy atom. The van der Waals surface area contributed by atoms with E-state index < -0.39 is 0 Å². The number of nitrogens with zero attached hydrogens (tertiary/aromatic N) is 1. The number of aliphatic hydroxyl groups is 1. The van der Waals surface area contributed by atoms with Crippen molar-refractivity contribution >= 4 is 0 Å². The van der Waals surface area contributed by atoms with Gasteiger partial charge in [-0.2, -0.15) is 0 Å². The first kappa shape index (κ1) is 11.3. The summed E-state index contributed by atoms with van der Waals surface area (Å²) >= 11 is 0. The molecule has 0 aromatic heterocycles. The molecule has 0 saturated carbocycles. The van der Waals surface area contributed by atoms with E-state index in [1.165, 1.54) is 0 Å². The van der Waals surface area contributed by atoms with Crippen LogP contribution in [0.25, 0.3) is 0 Å². The fourth-order valence-corrected chi connectivity index (χ4v) is 2.34. The fourth-order valence-electron chi connectivity index (χ4n) is 2.34. The maximum Gasteiger partial charge on any atom is 0.170 e. The minimum Gasteiger partial charge on any atom is -0.393 e. The summed E-state index contributed by atoms with van der Waals surface area (Å²) in [6, 6.07) is 0. The lowest BCUT2D eigenvalue weighted by Gasteiger charge is -2.33. The number of rotatable bonds is 3. The molecule has 1 N–H and O–H groups in total. The molecule has 0 amide bonds. The summed E-state index contributed by atoms with van der Waals surface area (Å²) in [5, 5.41) is 9.48. The largest absolute Gasteiger partial charge is 0.393 e. The van der Waals surface area contributed by atoms with E-state index in [-0.39, 0.29) is 12.4 Å². The maximum atomic E-state index is 9.48. The van der Waals surface area contributed by atoms with Gasteiger partial charge in [0.15, 0.2) is 6.29 Å². The van der Waals surface area contributed by atoms with Crippen LogP contribution in [0.2, 0.25) is 0 Å². The van der Waals surface area contributed by atoms with E-state index in [1.54, 1.807) is 0 Å². The summed E-state index contributed by atoms with van der Waals surface area (Å²) in [6.45, 7) is 6.34. The Balaban J connectivity index is 1.68. The molecule has 4 heteroatoms. The van der Waals surface area contributed by atoms with E-state index >= 15 is 0 Å². The average Bonchev–Trinajstić information content (AvgIpc) is 2.71. The molecule has 88 valence electrons. The van der Waals surface area contributed by atoms with Crippen molar-refractivity contribution < 1.29 is 14.6 Å². The lowest BCUT2D eigenvalue weighted by Crippen LogP contribution is -2.41. The first-order valence-electron chi connectivity index (χ1n) is 5.89. The maximum absolute atomic E-state index is 9.48. The lowest BCUT2D eigenvalue weighted by molar-refractivity contribution is -0.0684. The van der Waals surface area contributed by atoms with Crippen LogP contribution in [0.1, 0.15) is 19.8 Å². The molecule has 2 aliphatic rings. The number of aliphatic hydroxyl groups excluding tert-OH is 1. The van der Waals surface area contributed by atoms with Gasteiger partial charge in [-0.3, -0.25) is 4.90 Å². The predicted molar refractivity (Wildman–Crippen MR) is 56.5 cm³/mol. The Kier molecular flexibility index (Phi) is 3.97. The van der Waals surface area contributed by atoms with Crippen molar-refractivity contribution in [1.82, 2.24) is 4.90 Å². The molecule has 2 heterocycles. The van der Waals surface area contributed by atoms with Crippen molar-refractivity contribution in [3.8, 4) is 0 Å². The van der Waals surface area contributed by atoms with Gasteiger partial charge in [0, 0.05) is 6.54 Å². The molecule has 1 unspecified atom stereocenters. The molecule has 0 aromatic rings. The van der Waals surface area contributed by atoms with Crippen LogP contribution >= 0.6 is 0 Å². The Bertz CT molecular complexity index is 184. The van der Waals surface area contributed by atoms with E-state index in [0.717, 1.165) is 45.7 Å². The summed E-state index contributed by atoms with van der Waals surface area (Å²) < 4.78 is 10.8. The van der Waals surface area contributed by atoms with Crippen LogP contribution < -0.4 is 0 Å². The molecule has 15 heavy (non-hydrogen) atoms. The highest BCUT2D eigenvalue weighted by Crippen LogP contribution is 2.21. The zero-order valence-corrected chi connectivity index (χ0v) is 9.39. The molecule has 1 atom stereocenters.